The molecular weight excluding hydrogens is 246 g/mol. The summed E-state index contributed by atoms with van der Waals surface area (Å²) in [6.45, 7) is 7.12. The van der Waals surface area contributed by atoms with Crippen molar-refractivity contribution in [1.29, 1.82) is 0 Å². The summed E-state index contributed by atoms with van der Waals surface area (Å²) in [5.41, 5.74) is 0. The quantitative estimate of drug-likeness (QED) is 0.323. The number of aliphatic imine (C=N–C) groups is 1. The van der Waals surface area contributed by atoms with E-state index in [-0.39, 0.29) is 6.61 Å². The number of rotatable bonds is 10. The lowest BCUT2D eigenvalue weighted by molar-refractivity contribution is 0.253. The average molecular weight is 275 g/mol. The van der Waals surface area contributed by atoms with Crippen LogP contribution in [0, 0.1) is 5.92 Å². The summed E-state index contributed by atoms with van der Waals surface area (Å²) in [4.78, 5) is 4.60. The van der Waals surface area contributed by atoms with Crippen molar-refractivity contribution in [3.8, 4) is 0 Å². The number of aliphatic hydroxyl groups is 1. The second-order valence-electron chi connectivity index (χ2n) is 4.31. The molecule has 0 aromatic rings. The van der Waals surface area contributed by atoms with Crippen LogP contribution in [-0.2, 0) is 0 Å². The zero-order valence-corrected chi connectivity index (χ0v) is 12.9. The van der Waals surface area contributed by atoms with Crippen LogP contribution in [-0.4, -0.2) is 49.3 Å². The minimum Gasteiger partial charge on any atom is -0.396 e. The van der Waals surface area contributed by atoms with Crippen molar-refractivity contribution in [3.63, 3.8) is 0 Å². The highest BCUT2D eigenvalue weighted by Gasteiger charge is 2.07. The van der Waals surface area contributed by atoms with E-state index in [0.29, 0.717) is 5.92 Å². The molecular formula is C13H29N3OS. The number of nitrogens with zero attached hydrogens (tertiary/aromatic N) is 1. The Morgan fingerprint density at radius 3 is 2.61 bits per heavy atom. The first-order valence-corrected chi connectivity index (χ1v) is 8.29. The summed E-state index contributed by atoms with van der Waals surface area (Å²) in [5.74, 6) is 2.47. The molecule has 5 heteroatoms. The van der Waals surface area contributed by atoms with E-state index in [2.05, 4.69) is 35.7 Å². The number of nitrogens with one attached hydrogen (secondary N) is 2. The highest BCUT2D eigenvalue weighted by atomic mass is 32.2. The summed E-state index contributed by atoms with van der Waals surface area (Å²) in [7, 11) is 0. The van der Waals surface area contributed by atoms with Crippen molar-refractivity contribution < 1.29 is 5.11 Å². The topological polar surface area (TPSA) is 56.7 Å². The average Bonchev–Trinajstić information content (AvgIpc) is 2.36. The Morgan fingerprint density at radius 1 is 1.28 bits per heavy atom. The molecule has 18 heavy (non-hydrogen) atoms. The Kier molecular flexibility index (Phi) is 12.7. The van der Waals surface area contributed by atoms with Crippen LogP contribution in [0.15, 0.2) is 4.99 Å². The van der Waals surface area contributed by atoms with Gasteiger partial charge in [0.05, 0.1) is 0 Å². The Hall–Kier alpha value is -0.420. The summed E-state index contributed by atoms with van der Waals surface area (Å²) in [6, 6.07) is 0. The van der Waals surface area contributed by atoms with Gasteiger partial charge in [0.15, 0.2) is 5.96 Å². The van der Waals surface area contributed by atoms with Gasteiger partial charge in [-0.3, -0.25) is 4.99 Å². The third-order valence-corrected chi connectivity index (χ3v) is 3.30. The van der Waals surface area contributed by atoms with Crippen LogP contribution in [0.4, 0.5) is 0 Å². The van der Waals surface area contributed by atoms with Crippen molar-refractivity contribution in [3.05, 3.63) is 0 Å². The zero-order chi connectivity index (χ0) is 13.6. The summed E-state index contributed by atoms with van der Waals surface area (Å²) >= 11 is 1.82. The van der Waals surface area contributed by atoms with E-state index in [9.17, 15) is 0 Å². The maximum Gasteiger partial charge on any atom is 0.191 e. The van der Waals surface area contributed by atoms with Gasteiger partial charge in [0.25, 0.3) is 0 Å². The molecule has 0 radical (unpaired) electrons. The molecule has 108 valence electrons. The largest absolute Gasteiger partial charge is 0.396 e. The molecule has 0 aromatic heterocycles. The molecule has 0 saturated heterocycles. The predicted octanol–water partition coefficient (Wildman–Crippen LogP) is 1.70. The van der Waals surface area contributed by atoms with Gasteiger partial charge in [-0.25, -0.2) is 0 Å². The molecule has 1 atom stereocenters. The van der Waals surface area contributed by atoms with Gasteiger partial charge in [-0.2, -0.15) is 11.8 Å². The summed E-state index contributed by atoms with van der Waals surface area (Å²) in [6.07, 6.45) is 5.23. The number of thioether (sulfide) groups is 1. The Labute approximate surface area is 116 Å². The van der Waals surface area contributed by atoms with Crippen LogP contribution in [0.2, 0.25) is 0 Å². The van der Waals surface area contributed by atoms with E-state index >= 15 is 0 Å². The van der Waals surface area contributed by atoms with E-state index in [4.69, 9.17) is 5.11 Å². The minimum atomic E-state index is 0.261. The predicted molar refractivity (Wildman–Crippen MR) is 82.5 cm³/mol. The minimum absolute atomic E-state index is 0.261. The molecule has 0 aliphatic heterocycles. The van der Waals surface area contributed by atoms with Crippen LogP contribution < -0.4 is 10.6 Å². The fourth-order valence-electron chi connectivity index (χ4n) is 1.75. The molecule has 4 nitrogen and oxygen atoms in total. The van der Waals surface area contributed by atoms with Crippen LogP contribution in [0.25, 0.3) is 0 Å². The Balaban J connectivity index is 4.15. The Morgan fingerprint density at radius 2 is 2.06 bits per heavy atom. The van der Waals surface area contributed by atoms with Gasteiger partial charge in [-0.1, -0.05) is 13.3 Å². The van der Waals surface area contributed by atoms with E-state index in [0.717, 1.165) is 50.6 Å². The third kappa shape index (κ3) is 9.59. The maximum absolute atomic E-state index is 9.02. The molecule has 3 N–H and O–H groups in total. The normalized spacial score (nSPS) is 13.4. The van der Waals surface area contributed by atoms with E-state index in [1.165, 1.54) is 0 Å². The smallest absolute Gasteiger partial charge is 0.191 e. The molecule has 0 spiro atoms. The first-order valence-electron chi connectivity index (χ1n) is 6.90. The third-order valence-electron chi connectivity index (χ3n) is 2.68. The van der Waals surface area contributed by atoms with Crippen LogP contribution in [0.1, 0.15) is 33.1 Å². The Bertz CT molecular complexity index is 206. The number of hydrogen-bond acceptors (Lipinski definition) is 3. The van der Waals surface area contributed by atoms with Crippen molar-refractivity contribution in [1.82, 2.24) is 10.6 Å². The molecule has 0 heterocycles. The highest BCUT2D eigenvalue weighted by molar-refractivity contribution is 7.98. The van der Waals surface area contributed by atoms with Crippen molar-refractivity contribution in [2.45, 2.75) is 33.1 Å². The molecule has 0 aromatic carbocycles. The van der Waals surface area contributed by atoms with Gasteiger partial charge in [0, 0.05) is 32.0 Å². The lowest BCUT2D eigenvalue weighted by Crippen LogP contribution is -2.38. The lowest BCUT2D eigenvalue weighted by Gasteiger charge is -2.15. The van der Waals surface area contributed by atoms with E-state index < -0.39 is 0 Å². The number of aliphatic hydroxyl groups excluding tert-OH is 1. The number of guanidine groups is 1. The monoisotopic (exact) mass is 275 g/mol. The zero-order valence-electron chi connectivity index (χ0n) is 12.0. The molecule has 0 bridgehead atoms. The molecule has 0 rings (SSSR count). The first-order chi connectivity index (χ1) is 8.78. The van der Waals surface area contributed by atoms with Crippen molar-refractivity contribution >= 4 is 17.7 Å². The van der Waals surface area contributed by atoms with Crippen LogP contribution >= 0.6 is 11.8 Å². The van der Waals surface area contributed by atoms with Gasteiger partial charge >= 0.3 is 0 Å². The second-order valence-corrected chi connectivity index (χ2v) is 5.29. The summed E-state index contributed by atoms with van der Waals surface area (Å²) < 4.78 is 0. The van der Waals surface area contributed by atoms with Crippen molar-refractivity contribution in [2.75, 3.05) is 38.2 Å². The van der Waals surface area contributed by atoms with Gasteiger partial charge in [0.2, 0.25) is 0 Å². The van der Waals surface area contributed by atoms with Gasteiger partial charge in [-0.15, -0.1) is 0 Å². The molecule has 0 aliphatic rings. The second kappa shape index (κ2) is 13.0. The lowest BCUT2D eigenvalue weighted by atomic mass is 10.0. The maximum atomic E-state index is 9.02. The summed E-state index contributed by atoms with van der Waals surface area (Å²) in [5, 5.41) is 15.6. The molecule has 0 amide bonds. The van der Waals surface area contributed by atoms with Gasteiger partial charge in [-0.05, 0) is 31.9 Å². The van der Waals surface area contributed by atoms with Crippen LogP contribution in [0.3, 0.4) is 0 Å². The van der Waals surface area contributed by atoms with E-state index in [1.54, 1.807) is 0 Å². The highest BCUT2D eigenvalue weighted by Crippen LogP contribution is 2.10. The fraction of sp³-hybridized carbons (Fsp3) is 0.923. The first kappa shape index (κ1) is 17.6. The molecule has 0 aliphatic carbocycles. The fourth-order valence-corrected chi connectivity index (χ4v) is 2.06. The van der Waals surface area contributed by atoms with Gasteiger partial charge < -0.3 is 15.7 Å². The molecule has 0 saturated carbocycles. The van der Waals surface area contributed by atoms with E-state index in [1.807, 2.05) is 11.8 Å². The SMILES string of the molecule is CCCC(CCO)CN=C(NCC)NCCSC. The van der Waals surface area contributed by atoms with Gasteiger partial charge in [0.1, 0.15) is 0 Å². The van der Waals surface area contributed by atoms with Crippen LogP contribution in [0.5, 0.6) is 0 Å². The molecule has 0 fully saturated rings. The standard InChI is InChI=1S/C13H29N3OS/c1-4-6-12(7-9-17)11-16-13(14-5-2)15-8-10-18-3/h12,17H,4-11H2,1-3H3,(H2,14,15,16). The molecule has 1 unspecified atom stereocenters. The number of hydrogen-bond donors (Lipinski definition) is 3. The van der Waals surface area contributed by atoms with Crippen molar-refractivity contribution in [2.24, 2.45) is 10.9 Å².